The van der Waals surface area contributed by atoms with Gasteiger partial charge in [0.2, 0.25) is 0 Å². The number of aldehydes is 1. The molecule has 0 fully saturated rings. The number of nitriles is 1. The zero-order valence-electron chi connectivity index (χ0n) is 17.1. The van der Waals surface area contributed by atoms with Gasteiger partial charge in [0.1, 0.15) is 17.3 Å². The highest BCUT2D eigenvalue weighted by molar-refractivity contribution is 5.87. The maximum Gasteiger partial charge on any atom is 0.150 e. The zero-order chi connectivity index (χ0) is 22.5. The first kappa shape index (κ1) is 21.0. The Morgan fingerprint density at radius 1 is 0.875 bits per heavy atom. The van der Waals surface area contributed by atoms with Crippen molar-refractivity contribution < 1.29 is 13.9 Å². The third-order valence-electron chi connectivity index (χ3n) is 5.04. The Labute approximate surface area is 185 Å². The Morgan fingerprint density at radius 2 is 1.66 bits per heavy atom. The summed E-state index contributed by atoms with van der Waals surface area (Å²) in [6, 6.07) is 26.2. The number of hydrogen-bond acceptors (Lipinski definition) is 4. The molecule has 0 aliphatic heterocycles. The summed E-state index contributed by atoms with van der Waals surface area (Å²) in [6.07, 6.45) is 0.735. The number of ether oxygens (including phenoxy) is 1. The van der Waals surface area contributed by atoms with E-state index in [9.17, 15) is 14.4 Å². The summed E-state index contributed by atoms with van der Waals surface area (Å²) < 4.78 is 20.3. The summed E-state index contributed by atoms with van der Waals surface area (Å²) in [5.41, 5.74) is 10.4. The largest absolute Gasteiger partial charge is 0.457 e. The monoisotopic (exact) mass is 422 g/mol. The van der Waals surface area contributed by atoms with Gasteiger partial charge >= 0.3 is 0 Å². The smallest absolute Gasteiger partial charge is 0.150 e. The predicted octanol–water partition coefficient (Wildman–Crippen LogP) is 6.09. The van der Waals surface area contributed by atoms with Crippen LogP contribution in [0.5, 0.6) is 11.5 Å². The number of benzene rings is 4. The van der Waals surface area contributed by atoms with E-state index in [1.165, 1.54) is 12.1 Å². The molecule has 0 bridgehead atoms. The molecule has 0 unspecified atom stereocenters. The zero-order valence-corrected chi connectivity index (χ0v) is 17.1. The van der Waals surface area contributed by atoms with E-state index in [2.05, 4.69) is 6.07 Å². The molecule has 0 aliphatic rings. The lowest BCUT2D eigenvalue weighted by Gasteiger charge is -2.12. The Hall–Kier alpha value is -4.27. The molecular formula is C27H19FN2O2. The van der Waals surface area contributed by atoms with Gasteiger partial charge in [0.05, 0.1) is 11.6 Å². The SMILES string of the molecule is N#Cc1cc(Oc2cc(F)cc(-c3ccccc3C=O)c2)cc(-c2cccc(CN)c2)c1. The normalized spacial score (nSPS) is 10.4. The Morgan fingerprint density at radius 3 is 2.44 bits per heavy atom. The van der Waals surface area contributed by atoms with Crippen LogP contribution in [0.2, 0.25) is 0 Å². The molecule has 5 heteroatoms. The van der Waals surface area contributed by atoms with Crippen molar-refractivity contribution in [3.8, 4) is 39.8 Å². The van der Waals surface area contributed by atoms with Crippen LogP contribution in [-0.2, 0) is 6.54 Å². The van der Waals surface area contributed by atoms with E-state index in [-0.39, 0.29) is 5.75 Å². The molecule has 32 heavy (non-hydrogen) atoms. The molecule has 0 atom stereocenters. The minimum Gasteiger partial charge on any atom is -0.457 e. The minimum absolute atomic E-state index is 0.262. The molecule has 4 aromatic carbocycles. The van der Waals surface area contributed by atoms with Gasteiger partial charge in [-0.2, -0.15) is 5.26 Å². The molecule has 4 rings (SSSR count). The second-order valence-corrected chi connectivity index (χ2v) is 7.25. The number of carbonyl (C=O) groups is 1. The number of nitrogens with two attached hydrogens (primary N) is 1. The molecule has 4 nitrogen and oxygen atoms in total. The highest BCUT2D eigenvalue weighted by Crippen LogP contribution is 2.33. The minimum atomic E-state index is -0.495. The van der Waals surface area contributed by atoms with Crippen LogP contribution in [0.15, 0.2) is 84.9 Å². The van der Waals surface area contributed by atoms with Gasteiger partial charge in [-0.25, -0.2) is 4.39 Å². The fraction of sp³-hybridized carbons (Fsp3) is 0.0370. The molecule has 0 aliphatic carbocycles. The average Bonchev–Trinajstić information content (AvgIpc) is 2.83. The van der Waals surface area contributed by atoms with Crippen LogP contribution in [0.1, 0.15) is 21.5 Å². The third-order valence-corrected chi connectivity index (χ3v) is 5.04. The molecule has 0 aromatic heterocycles. The van der Waals surface area contributed by atoms with Crippen LogP contribution in [0.25, 0.3) is 22.3 Å². The van der Waals surface area contributed by atoms with Gasteiger partial charge in [0, 0.05) is 18.2 Å². The fourth-order valence-electron chi connectivity index (χ4n) is 3.54. The van der Waals surface area contributed by atoms with Crippen molar-refractivity contribution in [3.05, 3.63) is 107 Å². The van der Waals surface area contributed by atoms with Gasteiger partial charge in [0.25, 0.3) is 0 Å². The van der Waals surface area contributed by atoms with Gasteiger partial charge in [-0.15, -0.1) is 0 Å². The number of carbonyl (C=O) groups excluding carboxylic acids is 1. The summed E-state index contributed by atoms with van der Waals surface area (Å²) in [4.78, 5) is 11.4. The number of halogens is 1. The highest BCUT2D eigenvalue weighted by Gasteiger charge is 2.11. The molecule has 0 saturated carbocycles. The summed E-state index contributed by atoms with van der Waals surface area (Å²) in [7, 11) is 0. The van der Waals surface area contributed by atoms with Crippen molar-refractivity contribution in [2.75, 3.05) is 0 Å². The van der Waals surface area contributed by atoms with Gasteiger partial charge in [-0.1, -0.05) is 42.5 Å². The van der Waals surface area contributed by atoms with Crippen LogP contribution < -0.4 is 10.5 Å². The van der Waals surface area contributed by atoms with Gasteiger partial charge in [-0.05, 0) is 64.2 Å². The Balaban J connectivity index is 1.74. The van der Waals surface area contributed by atoms with E-state index in [0.29, 0.717) is 34.5 Å². The molecule has 4 aromatic rings. The quantitative estimate of drug-likeness (QED) is 0.381. The molecule has 0 heterocycles. The lowest BCUT2D eigenvalue weighted by Crippen LogP contribution is -1.96. The van der Waals surface area contributed by atoms with Crippen molar-refractivity contribution >= 4 is 6.29 Å². The van der Waals surface area contributed by atoms with E-state index >= 15 is 0 Å². The van der Waals surface area contributed by atoms with Crippen LogP contribution in [0.3, 0.4) is 0 Å². The Bertz CT molecular complexity index is 1340. The van der Waals surface area contributed by atoms with E-state index in [1.54, 1.807) is 48.5 Å². The predicted molar refractivity (Wildman–Crippen MR) is 122 cm³/mol. The standard InChI is InChI=1S/C27H19FN2O2/c28-24-11-23(27-7-2-1-5-21(27)17-31)13-26(14-24)32-25-10-19(16-30)9-22(12-25)20-6-3-4-18(8-20)15-29/h1-14,17H,15,29H2. The molecule has 0 amide bonds. The highest BCUT2D eigenvalue weighted by atomic mass is 19.1. The summed E-state index contributed by atoms with van der Waals surface area (Å²) >= 11 is 0. The molecule has 156 valence electrons. The van der Waals surface area contributed by atoms with Crippen molar-refractivity contribution in [1.82, 2.24) is 0 Å². The van der Waals surface area contributed by atoms with E-state index in [0.717, 1.165) is 23.0 Å². The topological polar surface area (TPSA) is 76.1 Å². The van der Waals surface area contributed by atoms with Crippen LogP contribution in [0, 0.1) is 17.1 Å². The first-order valence-electron chi connectivity index (χ1n) is 9.97. The second-order valence-electron chi connectivity index (χ2n) is 7.25. The average molecular weight is 422 g/mol. The number of nitrogens with zero attached hydrogens (tertiary/aromatic N) is 1. The summed E-state index contributed by atoms with van der Waals surface area (Å²) in [6.45, 7) is 0.406. The van der Waals surface area contributed by atoms with E-state index in [1.807, 2.05) is 24.3 Å². The molecule has 0 spiro atoms. The maximum absolute atomic E-state index is 14.4. The van der Waals surface area contributed by atoms with Crippen molar-refractivity contribution in [2.45, 2.75) is 6.54 Å². The van der Waals surface area contributed by atoms with Crippen molar-refractivity contribution in [1.29, 1.82) is 5.26 Å². The van der Waals surface area contributed by atoms with E-state index in [4.69, 9.17) is 10.5 Å². The lowest BCUT2D eigenvalue weighted by molar-refractivity contribution is 0.112. The van der Waals surface area contributed by atoms with Gasteiger partial charge in [-0.3, -0.25) is 4.79 Å². The molecule has 2 N–H and O–H groups in total. The third kappa shape index (κ3) is 4.56. The van der Waals surface area contributed by atoms with Crippen LogP contribution in [-0.4, -0.2) is 6.29 Å². The van der Waals surface area contributed by atoms with Crippen molar-refractivity contribution in [3.63, 3.8) is 0 Å². The van der Waals surface area contributed by atoms with E-state index < -0.39 is 5.82 Å². The number of hydrogen-bond donors (Lipinski definition) is 1. The first-order valence-corrected chi connectivity index (χ1v) is 9.97. The molecule has 0 radical (unpaired) electrons. The summed E-state index contributed by atoms with van der Waals surface area (Å²) in [5.74, 6) is 0.167. The van der Waals surface area contributed by atoms with Crippen LogP contribution >= 0.6 is 0 Å². The van der Waals surface area contributed by atoms with Gasteiger partial charge < -0.3 is 10.5 Å². The van der Waals surface area contributed by atoms with Crippen molar-refractivity contribution in [2.24, 2.45) is 5.73 Å². The lowest BCUT2D eigenvalue weighted by atomic mass is 10.00. The molecule has 0 saturated heterocycles. The summed E-state index contributed by atoms with van der Waals surface area (Å²) in [5, 5.41) is 9.48. The Kier molecular flexibility index (Phi) is 6.07. The fourth-order valence-corrected chi connectivity index (χ4v) is 3.54. The van der Waals surface area contributed by atoms with Gasteiger partial charge in [0.15, 0.2) is 6.29 Å². The number of rotatable bonds is 6. The molecular weight excluding hydrogens is 403 g/mol. The second kappa shape index (κ2) is 9.25. The maximum atomic E-state index is 14.4. The first-order chi connectivity index (χ1) is 15.6. The van der Waals surface area contributed by atoms with Crippen LogP contribution in [0.4, 0.5) is 4.39 Å².